The Morgan fingerprint density at radius 3 is 2.62 bits per heavy atom. The highest BCUT2D eigenvalue weighted by Gasteiger charge is 2.15. The number of hydrogen-bond donors (Lipinski definition) is 2. The summed E-state index contributed by atoms with van der Waals surface area (Å²) >= 11 is 0. The van der Waals surface area contributed by atoms with Gasteiger partial charge in [0, 0.05) is 31.0 Å². The molecule has 0 bridgehead atoms. The van der Waals surface area contributed by atoms with Crippen LogP contribution in [0.5, 0.6) is 0 Å². The second kappa shape index (κ2) is 7.74. The minimum atomic E-state index is 0.213. The van der Waals surface area contributed by atoms with Crippen LogP contribution < -0.4 is 5.32 Å². The minimum absolute atomic E-state index is 0.213. The van der Waals surface area contributed by atoms with Crippen molar-refractivity contribution in [2.24, 2.45) is 5.92 Å². The first kappa shape index (κ1) is 15.4. The lowest BCUT2D eigenvalue weighted by Crippen LogP contribution is -2.18. The third kappa shape index (κ3) is 4.83. The maximum Gasteiger partial charge on any atom is 0.222 e. The summed E-state index contributed by atoms with van der Waals surface area (Å²) in [5.41, 5.74) is 2.23. The lowest BCUT2D eigenvalue weighted by atomic mass is 9.90. The number of anilines is 1. The summed E-state index contributed by atoms with van der Waals surface area (Å²) in [5.74, 6) is 1.26. The summed E-state index contributed by atoms with van der Waals surface area (Å²) in [6.07, 6.45) is 2.69. The number of aliphatic hydroxyl groups is 1. The molecule has 0 aliphatic carbocycles. The molecule has 0 aliphatic heterocycles. The second-order valence-corrected chi connectivity index (χ2v) is 5.53. The number of aryl methyl sites for hydroxylation is 1. The van der Waals surface area contributed by atoms with Gasteiger partial charge in [-0.1, -0.05) is 37.3 Å². The van der Waals surface area contributed by atoms with E-state index in [9.17, 15) is 5.11 Å². The van der Waals surface area contributed by atoms with Crippen LogP contribution >= 0.6 is 0 Å². The molecule has 2 atom stereocenters. The molecule has 112 valence electrons. The molecular weight excluding hydrogens is 262 g/mol. The quantitative estimate of drug-likeness (QED) is 0.821. The zero-order valence-corrected chi connectivity index (χ0v) is 12.7. The summed E-state index contributed by atoms with van der Waals surface area (Å²) in [6, 6.07) is 12.3. The zero-order chi connectivity index (χ0) is 15.1. The predicted molar refractivity (Wildman–Crippen MR) is 85.3 cm³/mol. The van der Waals surface area contributed by atoms with E-state index in [0.29, 0.717) is 11.9 Å². The van der Waals surface area contributed by atoms with E-state index in [1.165, 1.54) is 5.56 Å². The number of hydrogen-bond acceptors (Lipinski definition) is 4. The van der Waals surface area contributed by atoms with Crippen molar-refractivity contribution in [1.82, 2.24) is 9.97 Å². The van der Waals surface area contributed by atoms with Gasteiger partial charge < -0.3 is 10.4 Å². The van der Waals surface area contributed by atoms with Gasteiger partial charge >= 0.3 is 0 Å². The summed E-state index contributed by atoms with van der Waals surface area (Å²) in [6.45, 7) is 5.00. The lowest BCUT2D eigenvalue weighted by molar-refractivity contribution is 0.224. The third-order valence-corrected chi connectivity index (χ3v) is 3.57. The fraction of sp³-hybridized carbons (Fsp3) is 0.412. The van der Waals surface area contributed by atoms with Crippen molar-refractivity contribution >= 4 is 5.95 Å². The number of nitrogens with zero attached hydrogens (tertiary/aromatic N) is 2. The molecule has 0 spiro atoms. The first-order chi connectivity index (χ1) is 10.2. The normalized spacial score (nSPS) is 13.7. The maximum absolute atomic E-state index is 9.31. The van der Waals surface area contributed by atoms with Crippen molar-refractivity contribution in [3.8, 4) is 0 Å². The largest absolute Gasteiger partial charge is 0.396 e. The molecule has 2 aromatic rings. The molecule has 2 unspecified atom stereocenters. The molecule has 0 aliphatic rings. The van der Waals surface area contributed by atoms with E-state index < -0.39 is 0 Å². The van der Waals surface area contributed by atoms with E-state index in [2.05, 4.69) is 46.5 Å². The highest BCUT2D eigenvalue weighted by Crippen LogP contribution is 2.24. The topological polar surface area (TPSA) is 58.0 Å². The highest BCUT2D eigenvalue weighted by molar-refractivity contribution is 5.28. The van der Waals surface area contributed by atoms with Crippen LogP contribution in [0.25, 0.3) is 0 Å². The SMILES string of the molecule is Cc1ccnc(NCC(CC(C)CO)c2ccccc2)n1. The minimum Gasteiger partial charge on any atom is -0.396 e. The Hall–Kier alpha value is -1.94. The maximum atomic E-state index is 9.31. The van der Waals surface area contributed by atoms with Crippen molar-refractivity contribution < 1.29 is 5.11 Å². The number of benzene rings is 1. The van der Waals surface area contributed by atoms with E-state index in [4.69, 9.17) is 0 Å². The van der Waals surface area contributed by atoms with Gasteiger partial charge in [-0.05, 0) is 30.9 Å². The second-order valence-electron chi connectivity index (χ2n) is 5.53. The number of aliphatic hydroxyl groups excluding tert-OH is 1. The van der Waals surface area contributed by atoms with Crippen molar-refractivity contribution in [2.45, 2.75) is 26.2 Å². The average Bonchev–Trinajstić information content (AvgIpc) is 2.52. The van der Waals surface area contributed by atoms with Crippen LogP contribution in [0.15, 0.2) is 42.6 Å². The molecular formula is C17H23N3O. The molecule has 2 N–H and O–H groups in total. The molecule has 2 rings (SSSR count). The fourth-order valence-electron chi connectivity index (χ4n) is 2.37. The molecule has 0 amide bonds. The summed E-state index contributed by atoms with van der Waals surface area (Å²) < 4.78 is 0. The fourth-order valence-corrected chi connectivity index (χ4v) is 2.37. The summed E-state index contributed by atoms with van der Waals surface area (Å²) in [5, 5.41) is 12.6. The monoisotopic (exact) mass is 285 g/mol. The van der Waals surface area contributed by atoms with Crippen molar-refractivity contribution in [1.29, 1.82) is 0 Å². The van der Waals surface area contributed by atoms with E-state index in [-0.39, 0.29) is 12.5 Å². The highest BCUT2D eigenvalue weighted by atomic mass is 16.3. The predicted octanol–water partition coefficient (Wildman–Crippen LogP) is 3.00. The Balaban J connectivity index is 2.05. The average molecular weight is 285 g/mol. The van der Waals surface area contributed by atoms with Crippen LogP contribution in [0.4, 0.5) is 5.95 Å². The van der Waals surface area contributed by atoms with E-state index in [1.54, 1.807) is 6.20 Å². The Bertz CT molecular complexity index is 545. The Labute approximate surface area is 126 Å². The Morgan fingerprint density at radius 1 is 1.19 bits per heavy atom. The number of nitrogens with one attached hydrogen (secondary N) is 1. The summed E-state index contributed by atoms with van der Waals surface area (Å²) in [4.78, 5) is 8.60. The van der Waals surface area contributed by atoms with Crippen molar-refractivity contribution in [2.75, 3.05) is 18.5 Å². The smallest absolute Gasteiger partial charge is 0.222 e. The Morgan fingerprint density at radius 2 is 1.95 bits per heavy atom. The van der Waals surface area contributed by atoms with Gasteiger partial charge in [0.25, 0.3) is 0 Å². The summed E-state index contributed by atoms with van der Waals surface area (Å²) in [7, 11) is 0. The van der Waals surface area contributed by atoms with Crippen LogP contribution in [0, 0.1) is 12.8 Å². The van der Waals surface area contributed by atoms with Crippen LogP contribution in [-0.2, 0) is 0 Å². The van der Waals surface area contributed by atoms with Gasteiger partial charge in [0.1, 0.15) is 0 Å². The number of rotatable bonds is 7. The molecule has 21 heavy (non-hydrogen) atoms. The first-order valence-electron chi connectivity index (χ1n) is 7.38. The van der Waals surface area contributed by atoms with Crippen LogP contribution in [0.2, 0.25) is 0 Å². The van der Waals surface area contributed by atoms with Gasteiger partial charge in [0.05, 0.1) is 0 Å². The molecule has 1 heterocycles. The molecule has 0 saturated heterocycles. The van der Waals surface area contributed by atoms with Gasteiger partial charge in [-0.2, -0.15) is 0 Å². The van der Waals surface area contributed by atoms with Crippen LogP contribution in [-0.4, -0.2) is 28.2 Å². The molecule has 1 aromatic heterocycles. The van der Waals surface area contributed by atoms with Crippen molar-refractivity contribution in [3.05, 3.63) is 53.9 Å². The molecule has 0 radical (unpaired) electrons. The third-order valence-electron chi connectivity index (χ3n) is 3.57. The number of aromatic nitrogens is 2. The molecule has 4 nitrogen and oxygen atoms in total. The lowest BCUT2D eigenvalue weighted by Gasteiger charge is -2.21. The molecule has 0 saturated carbocycles. The van der Waals surface area contributed by atoms with Gasteiger partial charge in [-0.15, -0.1) is 0 Å². The Kier molecular flexibility index (Phi) is 5.69. The molecule has 4 heteroatoms. The molecule has 1 aromatic carbocycles. The van der Waals surface area contributed by atoms with Gasteiger partial charge in [-0.25, -0.2) is 9.97 Å². The van der Waals surface area contributed by atoms with Crippen molar-refractivity contribution in [3.63, 3.8) is 0 Å². The van der Waals surface area contributed by atoms with Crippen LogP contribution in [0.1, 0.15) is 30.5 Å². The van der Waals surface area contributed by atoms with E-state index >= 15 is 0 Å². The van der Waals surface area contributed by atoms with Gasteiger partial charge in [0.15, 0.2) is 0 Å². The van der Waals surface area contributed by atoms with E-state index in [1.807, 2.05) is 19.1 Å². The van der Waals surface area contributed by atoms with Crippen LogP contribution in [0.3, 0.4) is 0 Å². The standard InChI is InChI=1S/C17H23N3O/c1-13(12-21)10-16(15-6-4-3-5-7-15)11-19-17-18-9-8-14(2)20-17/h3-9,13,16,21H,10-12H2,1-2H3,(H,18,19,20). The van der Waals surface area contributed by atoms with Gasteiger partial charge in [0.2, 0.25) is 5.95 Å². The first-order valence-corrected chi connectivity index (χ1v) is 7.38. The molecule has 0 fully saturated rings. The van der Waals surface area contributed by atoms with E-state index in [0.717, 1.165) is 18.7 Å². The van der Waals surface area contributed by atoms with Gasteiger partial charge in [-0.3, -0.25) is 0 Å². The zero-order valence-electron chi connectivity index (χ0n) is 12.7.